The molecule has 150 valence electrons. The van der Waals surface area contributed by atoms with Crippen molar-refractivity contribution >= 4 is 28.4 Å². The summed E-state index contributed by atoms with van der Waals surface area (Å²) in [6, 6.07) is 15.8. The first-order valence-electron chi connectivity index (χ1n) is 10.2. The van der Waals surface area contributed by atoms with Crippen LogP contribution in [0, 0.1) is 5.92 Å². The van der Waals surface area contributed by atoms with E-state index in [4.69, 9.17) is 0 Å². The van der Waals surface area contributed by atoms with Gasteiger partial charge in [-0.2, -0.15) is 5.10 Å². The van der Waals surface area contributed by atoms with Gasteiger partial charge in [0.1, 0.15) is 5.82 Å². The van der Waals surface area contributed by atoms with Crippen LogP contribution in [-0.4, -0.2) is 39.6 Å². The van der Waals surface area contributed by atoms with Crippen LogP contribution in [0.25, 0.3) is 10.8 Å². The maximum absolute atomic E-state index is 13.1. The van der Waals surface area contributed by atoms with Crippen LogP contribution in [0.3, 0.4) is 0 Å². The monoisotopic (exact) mass is 390 g/mol. The fourth-order valence-electron chi connectivity index (χ4n) is 3.98. The summed E-state index contributed by atoms with van der Waals surface area (Å²) in [6.07, 6.45) is 3.03. The molecule has 2 aromatic carbocycles. The molecule has 6 heteroatoms. The molecule has 0 bridgehead atoms. The molecule has 0 saturated carbocycles. The van der Waals surface area contributed by atoms with E-state index in [0.717, 1.165) is 22.2 Å². The highest BCUT2D eigenvalue weighted by Gasteiger charge is 2.29. The number of fused-ring (bicyclic) bond motifs is 1. The van der Waals surface area contributed by atoms with Gasteiger partial charge in [-0.05, 0) is 43.5 Å². The second-order valence-corrected chi connectivity index (χ2v) is 7.84. The van der Waals surface area contributed by atoms with Crippen LogP contribution in [-0.2, 0) is 4.79 Å². The zero-order valence-electron chi connectivity index (χ0n) is 16.8. The summed E-state index contributed by atoms with van der Waals surface area (Å²) in [6.45, 7) is 5.23. The number of hydrogen-bond acceptors (Lipinski definition) is 3. The second-order valence-electron chi connectivity index (χ2n) is 7.84. The van der Waals surface area contributed by atoms with Crippen LogP contribution >= 0.6 is 0 Å². The normalized spacial score (nSPS) is 15.1. The third-order valence-corrected chi connectivity index (χ3v) is 5.58. The highest BCUT2D eigenvalue weighted by atomic mass is 16.2. The zero-order chi connectivity index (χ0) is 20.4. The van der Waals surface area contributed by atoms with E-state index in [0.29, 0.717) is 25.9 Å². The van der Waals surface area contributed by atoms with Crippen LogP contribution in [0.15, 0.2) is 54.7 Å². The first-order valence-corrected chi connectivity index (χ1v) is 10.2. The molecular formula is C23H26N4O2. The molecule has 0 atom stereocenters. The first kappa shape index (κ1) is 19.2. The van der Waals surface area contributed by atoms with E-state index in [1.54, 1.807) is 10.9 Å². The predicted octanol–water partition coefficient (Wildman–Crippen LogP) is 4.11. The average Bonchev–Trinajstić information content (AvgIpc) is 3.21. The number of amides is 2. The third-order valence-electron chi connectivity index (χ3n) is 5.58. The smallest absolute Gasteiger partial charge is 0.254 e. The lowest BCUT2D eigenvalue weighted by Gasteiger charge is -2.31. The molecule has 1 saturated heterocycles. The number of carbonyl (C=O) groups excluding carboxylic acids is 2. The topological polar surface area (TPSA) is 67.2 Å². The Bertz CT molecular complexity index is 1030. The molecular weight excluding hydrogens is 364 g/mol. The molecule has 2 amide bonds. The fourth-order valence-corrected chi connectivity index (χ4v) is 3.98. The van der Waals surface area contributed by atoms with Gasteiger partial charge in [0.05, 0.1) is 6.20 Å². The number of hydrogen-bond donors (Lipinski definition) is 1. The lowest BCUT2D eigenvalue weighted by molar-refractivity contribution is -0.121. The number of aromatic nitrogens is 2. The van der Waals surface area contributed by atoms with E-state index >= 15 is 0 Å². The summed E-state index contributed by atoms with van der Waals surface area (Å²) >= 11 is 0. The number of rotatable bonds is 4. The lowest BCUT2D eigenvalue weighted by atomic mass is 9.95. The van der Waals surface area contributed by atoms with Crippen LogP contribution in [0.2, 0.25) is 0 Å². The van der Waals surface area contributed by atoms with Gasteiger partial charge in [0, 0.05) is 36.7 Å². The van der Waals surface area contributed by atoms with Crippen LogP contribution in [0.4, 0.5) is 5.82 Å². The Hall–Kier alpha value is -3.15. The summed E-state index contributed by atoms with van der Waals surface area (Å²) in [4.78, 5) is 27.7. The summed E-state index contributed by atoms with van der Waals surface area (Å²) in [5.41, 5.74) is 0.729. The molecule has 0 spiro atoms. The SMILES string of the molecule is CC(C)n1nccc1NC(=O)C1CCN(C(=O)c2cccc3ccccc23)CC1. The Labute approximate surface area is 170 Å². The molecule has 1 aliphatic rings. The van der Waals surface area contributed by atoms with Crippen LogP contribution in [0.1, 0.15) is 43.1 Å². The van der Waals surface area contributed by atoms with Crippen molar-refractivity contribution < 1.29 is 9.59 Å². The number of nitrogens with one attached hydrogen (secondary N) is 1. The van der Waals surface area contributed by atoms with Gasteiger partial charge in [0.15, 0.2) is 0 Å². The Morgan fingerprint density at radius 1 is 1.03 bits per heavy atom. The average molecular weight is 390 g/mol. The first-order chi connectivity index (χ1) is 14.0. The molecule has 1 fully saturated rings. The fraction of sp³-hybridized carbons (Fsp3) is 0.348. The standard InChI is InChI=1S/C23H26N4O2/c1-16(2)27-21(10-13-24-27)25-22(28)18-11-14-26(15-12-18)23(29)20-9-5-7-17-6-3-4-8-19(17)20/h3-10,13,16,18H,11-12,14-15H2,1-2H3,(H,25,28). The highest BCUT2D eigenvalue weighted by molar-refractivity contribution is 6.07. The quantitative estimate of drug-likeness (QED) is 0.729. The van der Waals surface area contributed by atoms with Crippen molar-refractivity contribution in [2.45, 2.75) is 32.7 Å². The van der Waals surface area contributed by atoms with Gasteiger partial charge in [-0.15, -0.1) is 0 Å². The molecule has 1 aromatic heterocycles. The van der Waals surface area contributed by atoms with Crippen molar-refractivity contribution in [1.82, 2.24) is 14.7 Å². The van der Waals surface area contributed by atoms with Crippen molar-refractivity contribution in [2.24, 2.45) is 5.92 Å². The minimum absolute atomic E-state index is 0.00431. The summed E-state index contributed by atoms with van der Waals surface area (Å²) in [5, 5.41) is 9.29. The summed E-state index contributed by atoms with van der Waals surface area (Å²) in [5.74, 6) is 0.671. The predicted molar refractivity (Wildman–Crippen MR) is 114 cm³/mol. The molecule has 3 aromatic rings. The van der Waals surface area contributed by atoms with Crippen molar-refractivity contribution in [1.29, 1.82) is 0 Å². The van der Waals surface area contributed by atoms with Crippen molar-refractivity contribution in [3.63, 3.8) is 0 Å². The van der Waals surface area contributed by atoms with E-state index in [1.165, 1.54) is 0 Å². The number of anilines is 1. The number of likely N-dealkylation sites (tertiary alicyclic amines) is 1. The van der Waals surface area contributed by atoms with E-state index in [2.05, 4.69) is 10.4 Å². The van der Waals surface area contributed by atoms with E-state index < -0.39 is 0 Å². The number of piperidine rings is 1. The maximum atomic E-state index is 13.1. The van der Waals surface area contributed by atoms with Crippen molar-refractivity contribution in [3.05, 3.63) is 60.3 Å². The van der Waals surface area contributed by atoms with E-state index in [-0.39, 0.29) is 23.8 Å². The van der Waals surface area contributed by atoms with Gasteiger partial charge in [-0.1, -0.05) is 36.4 Å². The van der Waals surface area contributed by atoms with Crippen LogP contribution in [0.5, 0.6) is 0 Å². The van der Waals surface area contributed by atoms with E-state index in [9.17, 15) is 9.59 Å². The molecule has 4 rings (SSSR count). The molecule has 0 unspecified atom stereocenters. The minimum Gasteiger partial charge on any atom is -0.339 e. The largest absolute Gasteiger partial charge is 0.339 e. The molecule has 0 radical (unpaired) electrons. The molecule has 1 N–H and O–H groups in total. The lowest BCUT2D eigenvalue weighted by Crippen LogP contribution is -2.41. The highest BCUT2D eigenvalue weighted by Crippen LogP contribution is 2.24. The molecule has 6 nitrogen and oxygen atoms in total. The molecule has 1 aliphatic heterocycles. The molecule has 2 heterocycles. The van der Waals surface area contributed by atoms with Crippen molar-refractivity contribution in [2.75, 3.05) is 18.4 Å². The number of benzene rings is 2. The number of nitrogens with zero attached hydrogens (tertiary/aromatic N) is 3. The Kier molecular flexibility index (Phi) is 5.34. The van der Waals surface area contributed by atoms with Gasteiger partial charge in [0.25, 0.3) is 5.91 Å². The second kappa shape index (κ2) is 8.07. The Morgan fingerprint density at radius 2 is 1.76 bits per heavy atom. The minimum atomic E-state index is -0.0953. The van der Waals surface area contributed by atoms with Gasteiger partial charge in [0.2, 0.25) is 5.91 Å². The van der Waals surface area contributed by atoms with Gasteiger partial charge >= 0.3 is 0 Å². The van der Waals surface area contributed by atoms with Crippen molar-refractivity contribution in [3.8, 4) is 0 Å². The van der Waals surface area contributed by atoms with Crippen LogP contribution < -0.4 is 5.32 Å². The van der Waals surface area contributed by atoms with Gasteiger partial charge < -0.3 is 10.2 Å². The van der Waals surface area contributed by atoms with Gasteiger partial charge in [-0.25, -0.2) is 4.68 Å². The Balaban J connectivity index is 1.40. The summed E-state index contributed by atoms with van der Waals surface area (Å²) in [7, 11) is 0. The third kappa shape index (κ3) is 3.88. The Morgan fingerprint density at radius 3 is 2.52 bits per heavy atom. The maximum Gasteiger partial charge on any atom is 0.254 e. The molecule has 29 heavy (non-hydrogen) atoms. The van der Waals surface area contributed by atoms with Gasteiger partial charge in [-0.3, -0.25) is 9.59 Å². The zero-order valence-corrected chi connectivity index (χ0v) is 16.8. The number of carbonyl (C=O) groups is 2. The van der Waals surface area contributed by atoms with E-state index in [1.807, 2.05) is 67.3 Å². The summed E-state index contributed by atoms with van der Waals surface area (Å²) < 4.78 is 1.80. The molecule has 0 aliphatic carbocycles.